The van der Waals surface area contributed by atoms with Gasteiger partial charge in [0.05, 0.1) is 0 Å². The third kappa shape index (κ3) is 3.59. The summed E-state index contributed by atoms with van der Waals surface area (Å²) < 4.78 is 1.62. The summed E-state index contributed by atoms with van der Waals surface area (Å²) in [5.74, 6) is 0. The fourth-order valence-corrected chi connectivity index (χ4v) is 2.83. The molecule has 1 rings (SSSR count). The maximum atomic E-state index is 5.03. The van der Waals surface area contributed by atoms with Crippen LogP contribution in [-0.4, -0.2) is 21.2 Å². The second kappa shape index (κ2) is 4.49. The summed E-state index contributed by atoms with van der Waals surface area (Å²) >= 11 is 10.0. The molecule has 1 saturated heterocycles. The number of thiocarbonyl (C=S) groups is 2. The van der Waals surface area contributed by atoms with E-state index in [2.05, 4.69) is 17.6 Å². The minimum Gasteiger partial charge on any atom is -0.368 e. The Morgan fingerprint density at radius 1 is 1.36 bits per heavy atom. The summed E-state index contributed by atoms with van der Waals surface area (Å²) in [5.41, 5.74) is 0. The Kier molecular flexibility index (Phi) is 3.91. The Morgan fingerprint density at radius 2 is 2.00 bits per heavy atom. The van der Waals surface area contributed by atoms with Crippen molar-refractivity contribution in [3.63, 3.8) is 0 Å². The maximum absolute atomic E-state index is 5.03. The van der Waals surface area contributed by atoms with Crippen LogP contribution in [0.25, 0.3) is 0 Å². The highest BCUT2D eigenvalue weighted by Gasteiger charge is 2.10. The largest absolute Gasteiger partial charge is 0.368 e. The van der Waals surface area contributed by atoms with Crippen LogP contribution in [0, 0.1) is 0 Å². The van der Waals surface area contributed by atoms with Gasteiger partial charge in [0, 0.05) is 12.6 Å². The molecule has 1 aliphatic heterocycles. The molecule has 0 aromatic carbocycles. The van der Waals surface area contributed by atoms with Crippen molar-refractivity contribution < 1.29 is 0 Å². The van der Waals surface area contributed by atoms with Crippen molar-refractivity contribution in [2.45, 2.75) is 13.0 Å². The molecule has 6 heteroatoms. The van der Waals surface area contributed by atoms with Crippen molar-refractivity contribution in [2.75, 3.05) is 6.54 Å². The van der Waals surface area contributed by atoms with Crippen LogP contribution < -0.4 is 10.6 Å². The number of hydrogen-bond acceptors (Lipinski definition) is 4. The van der Waals surface area contributed by atoms with E-state index in [-0.39, 0.29) is 0 Å². The Labute approximate surface area is 84.7 Å². The van der Waals surface area contributed by atoms with E-state index in [0.717, 1.165) is 15.2 Å². The average Bonchev–Trinajstić information content (AvgIpc) is 1.95. The molecule has 1 aliphatic rings. The molecule has 11 heavy (non-hydrogen) atoms. The second-order valence-electron chi connectivity index (χ2n) is 2.17. The smallest absolute Gasteiger partial charge is 0.145 e. The molecule has 0 radical (unpaired) electrons. The number of rotatable bonds is 0. The Morgan fingerprint density at radius 3 is 2.73 bits per heavy atom. The van der Waals surface area contributed by atoms with Crippen molar-refractivity contribution >= 4 is 54.7 Å². The minimum atomic E-state index is 0.355. The van der Waals surface area contributed by atoms with Gasteiger partial charge in [-0.05, 0) is 28.5 Å². The third-order valence-corrected chi connectivity index (χ3v) is 4.40. The molecule has 0 aromatic heterocycles. The topological polar surface area (TPSA) is 24.1 Å². The fourth-order valence-electron chi connectivity index (χ4n) is 0.618. The number of hydrogen-bond donors (Lipinski definition) is 2. The molecule has 0 aliphatic carbocycles. The summed E-state index contributed by atoms with van der Waals surface area (Å²) in [6.07, 6.45) is 0. The normalized spacial score (nSPS) is 26.5. The van der Waals surface area contributed by atoms with Crippen LogP contribution >= 0.6 is 46.0 Å². The van der Waals surface area contributed by atoms with Gasteiger partial charge in [-0.1, -0.05) is 24.4 Å². The summed E-state index contributed by atoms with van der Waals surface area (Å²) in [5, 5.41) is 6.26. The van der Waals surface area contributed by atoms with Gasteiger partial charge >= 0.3 is 0 Å². The quantitative estimate of drug-likeness (QED) is 0.478. The van der Waals surface area contributed by atoms with Crippen LogP contribution in [0.2, 0.25) is 0 Å². The lowest BCUT2D eigenvalue weighted by Gasteiger charge is -2.19. The van der Waals surface area contributed by atoms with Gasteiger partial charge in [0.15, 0.2) is 0 Å². The van der Waals surface area contributed by atoms with E-state index in [1.54, 1.807) is 0 Å². The summed E-state index contributed by atoms with van der Waals surface area (Å²) in [6, 6.07) is 0.355. The SMILES string of the molecule is C[C@H]1CNC(=S)SSC(=S)N1. The molecule has 2 N–H and O–H groups in total. The Bertz CT molecular complexity index is 181. The molecule has 0 bridgehead atoms. The lowest BCUT2D eigenvalue weighted by molar-refractivity contribution is 0.652. The molecule has 0 amide bonds. The predicted molar refractivity (Wildman–Crippen MR) is 61.0 cm³/mol. The van der Waals surface area contributed by atoms with Gasteiger partial charge in [0.25, 0.3) is 0 Å². The minimum absolute atomic E-state index is 0.355. The van der Waals surface area contributed by atoms with Gasteiger partial charge in [0.1, 0.15) is 8.64 Å². The number of nitrogens with one attached hydrogen (secondary N) is 2. The van der Waals surface area contributed by atoms with Gasteiger partial charge in [-0.2, -0.15) is 0 Å². The van der Waals surface area contributed by atoms with Gasteiger partial charge < -0.3 is 10.6 Å². The van der Waals surface area contributed by atoms with E-state index in [4.69, 9.17) is 24.4 Å². The van der Waals surface area contributed by atoms with Gasteiger partial charge in [-0.15, -0.1) is 0 Å². The molecule has 0 saturated carbocycles. The van der Waals surface area contributed by atoms with Crippen LogP contribution in [0.3, 0.4) is 0 Å². The second-order valence-corrected chi connectivity index (χ2v) is 5.65. The van der Waals surface area contributed by atoms with Crippen LogP contribution in [0.1, 0.15) is 6.92 Å². The van der Waals surface area contributed by atoms with Gasteiger partial charge in [-0.3, -0.25) is 0 Å². The highest BCUT2D eigenvalue weighted by molar-refractivity contribution is 8.89. The summed E-state index contributed by atoms with van der Waals surface area (Å²) in [4.78, 5) is 0. The Hall–Kier alpha value is 0.480. The van der Waals surface area contributed by atoms with E-state index < -0.39 is 0 Å². The van der Waals surface area contributed by atoms with Gasteiger partial charge in [0.2, 0.25) is 0 Å². The third-order valence-electron chi connectivity index (χ3n) is 1.11. The first-order chi connectivity index (χ1) is 5.18. The first-order valence-electron chi connectivity index (χ1n) is 3.11. The fraction of sp³-hybridized carbons (Fsp3) is 0.600. The molecule has 62 valence electrons. The van der Waals surface area contributed by atoms with E-state index in [9.17, 15) is 0 Å². The molecule has 1 atom stereocenters. The van der Waals surface area contributed by atoms with E-state index >= 15 is 0 Å². The first kappa shape index (κ1) is 9.57. The van der Waals surface area contributed by atoms with Crippen molar-refractivity contribution in [3.8, 4) is 0 Å². The van der Waals surface area contributed by atoms with E-state index in [0.29, 0.717) is 6.04 Å². The molecule has 0 aromatic rings. The molecular formula is C5H8N2S4. The highest BCUT2D eigenvalue weighted by atomic mass is 33.1. The lowest BCUT2D eigenvalue weighted by atomic mass is 10.3. The van der Waals surface area contributed by atoms with E-state index in [1.165, 1.54) is 21.6 Å². The van der Waals surface area contributed by atoms with Crippen LogP contribution in [-0.2, 0) is 0 Å². The molecular weight excluding hydrogens is 216 g/mol. The summed E-state index contributed by atoms with van der Waals surface area (Å²) in [7, 11) is 2.99. The zero-order chi connectivity index (χ0) is 8.27. The molecule has 1 heterocycles. The average molecular weight is 224 g/mol. The lowest BCUT2D eigenvalue weighted by Crippen LogP contribution is -2.40. The zero-order valence-corrected chi connectivity index (χ0v) is 9.18. The Balaban J connectivity index is 2.47. The van der Waals surface area contributed by atoms with Crippen LogP contribution in [0.15, 0.2) is 0 Å². The van der Waals surface area contributed by atoms with Gasteiger partial charge in [-0.25, -0.2) is 0 Å². The van der Waals surface area contributed by atoms with E-state index in [1.807, 2.05) is 0 Å². The van der Waals surface area contributed by atoms with Crippen molar-refractivity contribution in [2.24, 2.45) is 0 Å². The van der Waals surface area contributed by atoms with Crippen molar-refractivity contribution in [1.82, 2.24) is 10.6 Å². The molecule has 1 fully saturated rings. The highest BCUT2D eigenvalue weighted by Crippen LogP contribution is 2.24. The predicted octanol–water partition coefficient (Wildman–Crippen LogP) is 1.52. The van der Waals surface area contributed by atoms with Crippen molar-refractivity contribution in [3.05, 3.63) is 0 Å². The maximum Gasteiger partial charge on any atom is 0.145 e. The van der Waals surface area contributed by atoms with Crippen LogP contribution in [0.4, 0.5) is 0 Å². The standard InChI is InChI=1S/C5H8N2S4/c1-3-2-6-4(8)10-11-5(9)7-3/h3H,2H2,1H3,(H,6,8)(H,7,9)/t3-/m0/s1. The monoisotopic (exact) mass is 224 g/mol. The molecule has 0 spiro atoms. The summed E-state index contributed by atoms with van der Waals surface area (Å²) in [6.45, 7) is 2.91. The molecule has 0 unspecified atom stereocenters. The first-order valence-corrected chi connectivity index (χ1v) is 6.08. The van der Waals surface area contributed by atoms with Crippen LogP contribution in [0.5, 0.6) is 0 Å². The molecule has 2 nitrogen and oxygen atoms in total. The zero-order valence-electron chi connectivity index (χ0n) is 5.92. The van der Waals surface area contributed by atoms with Crippen molar-refractivity contribution in [1.29, 1.82) is 0 Å².